The van der Waals surface area contributed by atoms with Gasteiger partial charge in [-0.1, -0.05) is 45.2 Å². The van der Waals surface area contributed by atoms with Crippen molar-refractivity contribution < 1.29 is 0 Å². The average molecular weight is 203 g/mol. The number of anilines is 1. The summed E-state index contributed by atoms with van der Waals surface area (Å²) >= 11 is 0. The number of rotatable bonds is 1. The molecule has 15 heavy (non-hydrogen) atoms. The Labute approximate surface area is 92.7 Å². The van der Waals surface area contributed by atoms with Gasteiger partial charge >= 0.3 is 0 Å². The molecule has 82 valence electrons. The third-order valence-electron chi connectivity index (χ3n) is 3.87. The third kappa shape index (κ3) is 2.17. The fourth-order valence-corrected chi connectivity index (χ4v) is 3.06. The van der Waals surface area contributed by atoms with Crippen LogP contribution >= 0.6 is 0 Å². The summed E-state index contributed by atoms with van der Waals surface area (Å²) in [5, 5.41) is 0. The number of hydrogen-bond acceptors (Lipinski definition) is 1. The minimum absolute atomic E-state index is 0.736. The smallest absolute Gasteiger partial charge is 0.0314 e. The summed E-state index contributed by atoms with van der Waals surface area (Å²) in [5.74, 6) is 2.37. The second-order valence-electron chi connectivity index (χ2n) is 5.08. The lowest BCUT2D eigenvalue weighted by molar-refractivity contribution is 0.249. The number of nitrogens with two attached hydrogens (primary N) is 1. The first-order valence-electron chi connectivity index (χ1n) is 6.04. The Morgan fingerprint density at radius 1 is 1.00 bits per heavy atom. The van der Waals surface area contributed by atoms with Crippen LogP contribution in [0.5, 0.6) is 0 Å². The van der Waals surface area contributed by atoms with Crippen molar-refractivity contribution in [3.05, 3.63) is 29.8 Å². The lowest BCUT2D eigenvalue weighted by Gasteiger charge is -2.35. The lowest BCUT2D eigenvalue weighted by atomic mass is 9.70. The fourth-order valence-electron chi connectivity index (χ4n) is 3.06. The molecule has 0 radical (unpaired) electrons. The molecule has 2 N–H and O–H groups in total. The molecule has 0 aromatic heterocycles. The summed E-state index contributed by atoms with van der Waals surface area (Å²) in [4.78, 5) is 0. The predicted octanol–water partition coefficient (Wildman–Crippen LogP) is 3.81. The van der Waals surface area contributed by atoms with Crippen LogP contribution in [0.25, 0.3) is 0 Å². The Kier molecular flexibility index (Phi) is 2.99. The summed E-state index contributed by atoms with van der Waals surface area (Å²) in [6, 6.07) is 8.48. The monoisotopic (exact) mass is 203 g/mol. The van der Waals surface area contributed by atoms with E-state index in [2.05, 4.69) is 26.0 Å². The first-order valence-corrected chi connectivity index (χ1v) is 6.04. The van der Waals surface area contributed by atoms with Crippen molar-refractivity contribution in [3.63, 3.8) is 0 Å². The van der Waals surface area contributed by atoms with Gasteiger partial charge in [0.15, 0.2) is 0 Å². The highest BCUT2D eigenvalue weighted by Crippen LogP contribution is 2.41. The maximum absolute atomic E-state index is 5.73. The molecule has 1 saturated carbocycles. The second kappa shape index (κ2) is 4.26. The second-order valence-corrected chi connectivity index (χ2v) is 5.08. The maximum atomic E-state index is 5.73. The van der Waals surface area contributed by atoms with E-state index in [1.54, 1.807) is 0 Å². The highest BCUT2D eigenvalue weighted by molar-refractivity contribution is 5.40. The van der Waals surface area contributed by atoms with E-state index < -0.39 is 0 Å². The molecule has 0 heterocycles. The quantitative estimate of drug-likeness (QED) is 0.690. The molecule has 1 nitrogen and oxygen atoms in total. The molecule has 0 amide bonds. The zero-order valence-electron chi connectivity index (χ0n) is 9.74. The summed E-state index contributed by atoms with van der Waals surface area (Å²) < 4.78 is 0. The van der Waals surface area contributed by atoms with Crippen molar-refractivity contribution in [1.82, 2.24) is 0 Å². The Morgan fingerprint density at radius 3 is 2.07 bits per heavy atom. The van der Waals surface area contributed by atoms with E-state index in [1.165, 1.54) is 24.8 Å². The van der Waals surface area contributed by atoms with Crippen LogP contribution in [0, 0.1) is 11.8 Å². The molecule has 1 aliphatic rings. The molecule has 0 aliphatic heterocycles. The zero-order valence-corrected chi connectivity index (χ0v) is 9.74. The van der Waals surface area contributed by atoms with Crippen LogP contribution in [0.1, 0.15) is 44.6 Å². The van der Waals surface area contributed by atoms with E-state index in [-0.39, 0.29) is 0 Å². The van der Waals surface area contributed by atoms with Crippen LogP contribution in [0.2, 0.25) is 0 Å². The molecule has 1 fully saturated rings. The molecule has 1 aromatic rings. The van der Waals surface area contributed by atoms with Gasteiger partial charge in [0, 0.05) is 5.69 Å². The van der Waals surface area contributed by atoms with Crippen molar-refractivity contribution >= 4 is 5.69 Å². The standard InChI is InChI=1S/C14H21N/c1-10-4-3-5-11(2)14(10)12-6-8-13(15)9-7-12/h6-11,14H,3-5,15H2,1-2H3/t10-,11-/m0/s1. The normalized spacial score (nSPS) is 27.9. The number of nitrogen functional groups attached to an aromatic ring is 1. The first kappa shape index (κ1) is 10.5. The van der Waals surface area contributed by atoms with Crippen LogP contribution in [0.4, 0.5) is 5.69 Å². The Balaban J connectivity index is 2.23. The van der Waals surface area contributed by atoms with Crippen LogP contribution in [0.15, 0.2) is 24.3 Å². The van der Waals surface area contributed by atoms with E-state index in [0.717, 1.165) is 23.4 Å². The maximum Gasteiger partial charge on any atom is 0.0314 e. The molecule has 2 atom stereocenters. The van der Waals surface area contributed by atoms with Gasteiger partial charge in [0.1, 0.15) is 0 Å². The summed E-state index contributed by atoms with van der Waals surface area (Å²) in [7, 11) is 0. The molecule has 0 saturated heterocycles. The zero-order chi connectivity index (χ0) is 10.8. The molecular formula is C14H21N. The van der Waals surface area contributed by atoms with Crippen molar-refractivity contribution in [2.45, 2.75) is 39.0 Å². The summed E-state index contributed by atoms with van der Waals surface area (Å²) in [6.07, 6.45) is 4.15. The summed E-state index contributed by atoms with van der Waals surface area (Å²) in [6.45, 7) is 4.77. The van der Waals surface area contributed by atoms with Crippen molar-refractivity contribution in [3.8, 4) is 0 Å². The Hall–Kier alpha value is -0.980. The number of hydrogen-bond donors (Lipinski definition) is 1. The van der Waals surface area contributed by atoms with Crippen LogP contribution in [-0.4, -0.2) is 0 Å². The van der Waals surface area contributed by atoms with Crippen LogP contribution in [0.3, 0.4) is 0 Å². The Bertz CT molecular complexity index is 305. The molecule has 1 aliphatic carbocycles. The summed E-state index contributed by atoms with van der Waals surface area (Å²) in [5.41, 5.74) is 8.07. The molecule has 1 aromatic carbocycles. The molecule has 1 heteroatoms. The van der Waals surface area contributed by atoms with Gasteiger partial charge in [0.25, 0.3) is 0 Å². The highest BCUT2D eigenvalue weighted by atomic mass is 14.5. The SMILES string of the molecule is C[C@H]1CCC[C@H](C)C1c1ccc(N)cc1. The fraction of sp³-hybridized carbons (Fsp3) is 0.571. The van der Waals surface area contributed by atoms with E-state index in [0.29, 0.717) is 0 Å². The van der Waals surface area contributed by atoms with Crippen molar-refractivity contribution in [1.29, 1.82) is 0 Å². The average Bonchev–Trinajstić information content (AvgIpc) is 2.20. The molecule has 2 rings (SSSR count). The van der Waals surface area contributed by atoms with E-state index in [1.807, 2.05) is 12.1 Å². The Morgan fingerprint density at radius 2 is 1.53 bits per heavy atom. The van der Waals surface area contributed by atoms with E-state index >= 15 is 0 Å². The van der Waals surface area contributed by atoms with Gasteiger partial charge in [-0.25, -0.2) is 0 Å². The topological polar surface area (TPSA) is 26.0 Å². The van der Waals surface area contributed by atoms with Crippen molar-refractivity contribution in [2.75, 3.05) is 5.73 Å². The van der Waals surface area contributed by atoms with Crippen molar-refractivity contribution in [2.24, 2.45) is 11.8 Å². The van der Waals surface area contributed by atoms with Crippen LogP contribution in [-0.2, 0) is 0 Å². The number of benzene rings is 1. The van der Waals surface area contributed by atoms with Gasteiger partial charge < -0.3 is 5.73 Å². The van der Waals surface area contributed by atoms with Gasteiger partial charge in [-0.15, -0.1) is 0 Å². The molecular weight excluding hydrogens is 182 g/mol. The van der Waals surface area contributed by atoms with Gasteiger partial charge in [0.05, 0.1) is 0 Å². The van der Waals surface area contributed by atoms with Gasteiger partial charge in [0.2, 0.25) is 0 Å². The van der Waals surface area contributed by atoms with Gasteiger partial charge in [-0.05, 0) is 35.4 Å². The van der Waals surface area contributed by atoms with Crippen LogP contribution < -0.4 is 5.73 Å². The predicted molar refractivity (Wildman–Crippen MR) is 65.8 cm³/mol. The molecule has 0 unspecified atom stereocenters. The van der Waals surface area contributed by atoms with E-state index in [9.17, 15) is 0 Å². The minimum atomic E-state index is 0.736. The first-order chi connectivity index (χ1) is 7.18. The largest absolute Gasteiger partial charge is 0.399 e. The van der Waals surface area contributed by atoms with Gasteiger partial charge in [-0.3, -0.25) is 0 Å². The third-order valence-corrected chi connectivity index (χ3v) is 3.87. The highest BCUT2D eigenvalue weighted by Gasteiger charge is 2.28. The minimum Gasteiger partial charge on any atom is -0.399 e. The molecule has 0 spiro atoms. The van der Waals surface area contributed by atoms with E-state index in [4.69, 9.17) is 5.73 Å². The molecule has 0 bridgehead atoms. The lowest BCUT2D eigenvalue weighted by Crippen LogP contribution is -2.22. The van der Waals surface area contributed by atoms with Gasteiger partial charge in [-0.2, -0.15) is 0 Å².